The van der Waals surface area contributed by atoms with Gasteiger partial charge in [-0.3, -0.25) is 14.4 Å². The first-order valence-corrected chi connectivity index (χ1v) is 33.3. The summed E-state index contributed by atoms with van der Waals surface area (Å²) in [6, 6.07) is 0. The van der Waals surface area contributed by atoms with E-state index >= 15 is 0 Å². The average molecular weight is 1040 g/mol. The van der Waals surface area contributed by atoms with Crippen molar-refractivity contribution in [3.05, 3.63) is 24.3 Å². The van der Waals surface area contributed by atoms with Gasteiger partial charge in [-0.2, -0.15) is 0 Å². The number of carbonyl (C=O) groups is 3. The molecule has 436 valence electrons. The maximum Gasteiger partial charge on any atom is 0.306 e. The van der Waals surface area contributed by atoms with Gasteiger partial charge < -0.3 is 14.2 Å². The number of rotatable bonds is 62. The number of hydrogen-bond acceptors (Lipinski definition) is 6. The maximum atomic E-state index is 12.9. The van der Waals surface area contributed by atoms with Crippen molar-refractivity contribution in [2.75, 3.05) is 13.2 Å². The quantitative estimate of drug-likeness (QED) is 0.0261. The fourth-order valence-electron chi connectivity index (χ4n) is 10.1. The largest absolute Gasteiger partial charge is 0.462 e. The Bertz CT molecular complexity index is 1190. The zero-order valence-electron chi connectivity index (χ0n) is 50.1. The van der Waals surface area contributed by atoms with E-state index in [2.05, 4.69) is 45.1 Å². The van der Waals surface area contributed by atoms with Crippen molar-refractivity contribution in [2.45, 2.75) is 380 Å². The Balaban J connectivity index is 4.17. The van der Waals surface area contributed by atoms with E-state index in [0.29, 0.717) is 19.3 Å². The van der Waals surface area contributed by atoms with Gasteiger partial charge in [-0.05, 0) is 70.6 Å². The fourth-order valence-corrected chi connectivity index (χ4v) is 10.1. The minimum absolute atomic E-state index is 0.0669. The van der Waals surface area contributed by atoms with Gasteiger partial charge in [0.2, 0.25) is 0 Å². The van der Waals surface area contributed by atoms with E-state index in [0.717, 1.165) is 57.8 Å². The van der Waals surface area contributed by atoms with E-state index in [1.807, 2.05) is 0 Å². The Hall–Kier alpha value is -2.11. The van der Waals surface area contributed by atoms with Crippen molar-refractivity contribution < 1.29 is 28.6 Å². The van der Waals surface area contributed by atoms with Crippen LogP contribution < -0.4 is 0 Å². The monoisotopic (exact) mass is 1040 g/mol. The van der Waals surface area contributed by atoms with Gasteiger partial charge in [0.25, 0.3) is 0 Å². The molecule has 0 saturated heterocycles. The first-order chi connectivity index (χ1) is 36.5. The first kappa shape index (κ1) is 71.9. The Kier molecular flexibility index (Phi) is 61.6. The molecule has 0 aliphatic rings. The van der Waals surface area contributed by atoms with E-state index in [-0.39, 0.29) is 31.1 Å². The van der Waals surface area contributed by atoms with Gasteiger partial charge in [0.05, 0.1) is 0 Å². The summed E-state index contributed by atoms with van der Waals surface area (Å²) in [6.07, 6.45) is 76.3. The lowest BCUT2D eigenvalue weighted by Crippen LogP contribution is -2.30. The fraction of sp³-hybridized carbons (Fsp3) is 0.897. The molecule has 0 aromatic heterocycles. The molecule has 0 fully saturated rings. The highest BCUT2D eigenvalue weighted by Gasteiger charge is 2.19. The lowest BCUT2D eigenvalue weighted by molar-refractivity contribution is -0.167. The summed E-state index contributed by atoms with van der Waals surface area (Å²) in [7, 11) is 0. The molecule has 1 unspecified atom stereocenters. The van der Waals surface area contributed by atoms with Gasteiger partial charge in [0, 0.05) is 19.3 Å². The van der Waals surface area contributed by atoms with Crippen LogP contribution in [0, 0.1) is 0 Å². The predicted octanol–water partition coefficient (Wildman–Crippen LogP) is 22.6. The minimum Gasteiger partial charge on any atom is -0.462 e. The lowest BCUT2D eigenvalue weighted by atomic mass is 10.0. The van der Waals surface area contributed by atoms with Crippen LogP contribution in [0.15, 0.2) is 24.3 Å². The second-order valence-corrected chi connectivity index (χ2v) is 22.7. The van der Waals surface area contributed by atoms with Crippen LogP contribution in [0.2, 0.25) is 0 Å². The smallest absolute Gasteiger partial charge is 0.306 e. The molecule has 0 spiro atoms. The second-order valence-electron chi connectivity index (χ2n) is 22.7. The molecule has 0 aromatic rings. The van der Waals surface area contributed by atoms with Crippen molar-refractivity contribution in [3.8, 4) is 0 Å². The van der Waals surface area contributed by atoms with Crippen LogP contribution in [0.25, 0.3) is 0 Å². The Morgan fingerprint density at radius 2 is 0.446 bits per heavy atom. The van der Waals surface area contributed by atoms with Gasteiger partial charge in [-0.25, -0.2) is 0 Å². The molecule has 0 aliphatic heterocycles. The molecule has 0 bridgehead atoms. The molecule has 0 saturated carbocycles. The average Bonchev–Trinajstić information content (AvgIpc) is 3.40. The van der Waals surface area contributed by atoms with Crippen molar-refractivity contribution in [1.29, 1.82) is 0 Å². The van der Waals surface area contributed by atoms with Gasteiger partial charge >= 0.3 is 17.9 Å². The highest BCUT2D eigenvalue weighted by atomic mass is 16.6. The van der Waals surface area contributed by atoms with Crippen molar-refractivity contribution in [1.82, 2.24) is 0 Å². The minimum atomic E-state index is -0.769. The summed E-state index contributed by atoms with van der Waals surface area (Å²) in [4.78, 5) is 38.2. The maximum absolute atomic E-state index is 12.9. The predicted molar refractivity (Wildman–Crippen MR) is 321 cm³/mol. The molecule has 0 N–H and O–H groups in total. The molecule has 1 atom stereocenters. The first-order valence-electron chi connectivity index (χ1n) is 33.3. The Morgan fingerprint density at radius 3 is 0.676 bits per heavy atom. The molecule has 6 heteroatoms. The highest BCUT2D eigenvalue weighted by Crippen LogP contribution is 2.18. The molecule has 74 heavy (non-hydrogen) atoms. The van der Waals surface area contributed by atoms with Crippen LogP contribution in [-0.2, 0) is 28.6 Å². The van der Waals surface area contributed by atoms with Crippen molar-refractivity contribution >= 4 is 17.9 Å². The van der Waals surface area contributed by atoms with Crippen LogP contribution in [0.5, 0.6) is 0 Å². The summed E-state index contributed by atoms with van der Waals surface area (Å²) in [6.45, 7) is 6.69. The number of unbranched alkanes of at least 4 members (excludes halogenated alkanes) is 47. The second kappa shape index (κ2) is 63.4. The zero-order chi connectivity index (χ0) is 53.6. The van der Waals surface area contributed by atoms with E-state index in [9.17, 15) is 14.4 Å². The topological polar surface area (TPSA) is 78.9 Å². The lowest BCUT2D eigenvalue weighted by Gasteiger charge is -2.18. The van der Waals surface area contributed by atoms with Gasteiger partial charge in [0.15, 0.2) is 6.10 Å². The summed E-state index contributed by atoms with van der Waals surface area (Å²) in [5.74, 6) is -0.845. The van der Waals surface area contributed by atoms with Crippen LogP contribution >= 0.6 is 0 Å². The van der Waals surface area contributed by atoms with Crippen LogP contribution in [0.3, 0.4) is 0 Å². The summed E-state index contributed by atoms with van der Waals surface area (Å²) in [5.41, 5.74) is 0. The Labute approximate surface area is 462 Å². The van der Waals surface area contributed by atoms with Crippen LogP contribution in [-0.4, -0.2) is 37.2 Å². The summed E-state index contributed by atoms with van der Waals surface area (Å²) in [5, 5.41) is 0. The third kappa shape index (κ3) is 60.8. The van der Waals surface area contributed by atoms with E-state index in [4.69, 9.17) is 14.2 Å². The van der Waals surface area contributed by atoms with Crippen LogP contribution in [0.4, 0.5) is 0 Å². The molecule has 6 nitrogen and oxygen atoms in total. The number of allylic oxidation sites excluding steroid dienone is 4. The third-order valence-corrected chi connectivity index (χ3v) is 15.2. The number of hydrogen-bond donors (Lipinski definition) is 0. The summed E-state index contributed by atoms with van der Waals surface area (Å²) >= 11 is 0. The van der Waals surface area contributed by atoms with Gasteiger partial charge in [-0.1, -0.05) is 308 Å². The zero-order valence-corrected chi connectivity index (χ0v) is 50.1. The Morgan fingerprint density at radius 1 is 0.257 bits per heavy atom. The van der Waals surface area contributed by atoms with E-state index in [1.54, 1.807) is 0 Å². The van der Waals surface area contributed by atoms with Crippen molar-refractivity contribution in [3.63, 3.8) is 0 Å². The molecule has 0 aliphatic carbocycles. The molecule has 0 amide bonds. The molecular formula is C68H128O6. The normalized spacial score (nSPS) is 12.1. The summed E-state index contributed by atoms with van der Waals surface area (Å²) < 4.78 is 16.9. The van der Waals surface area contributed by atoms with Gasteiger partial charge in [-0.15, -0.1) is 0 Å². The van der Waals surface area contributed by atoms with Crippen LogP contribution in [0.1, 0.15) is 374 Å². The number of ether oxygens (including phenoxy) is 3. The third-order valence-electron chi connectivity index (χ3n) is 15.2. The molecular weight excluding hydrogens is 913 g/mol. The highest BCUT2D eigenvalue weighted by molar-refractivity contribution is 5.71. The van der Waals surface area contributed by atoms with Crippen molar-refractivity contribution in [2.24, 2.45) is 0 Å². The van der Waals surface area contributed by atoms with E-state index in [1.165, 1.54) is 276 Å². The SMILES string of the molecule is CCCCCCCCCC/C=C\CCCCCCCCCCCCCCCC(=O)OCC(COC(=O)CCCCCCCCCCCC)OC(=O)CCCCCCCCCCC/C=C\CCCCCCCCCC. The molecule has 0 rings (SSSR count). The van der Waals surface area contributed by atoms with E-state index < -0.39 is 6.10 Å². The molecule has 0 radical (unpaired) electrons. The standard InChI is InChI=1S/C68H128O6/c1-4-7-10-13-16-19-22-24-26-28-30-32-33-34-35-37-38-40-42-44-46-49-52-55-58-61-67(70)73-64-65(63-72-66(69)60-57-54-51-48-21-18-15-12-9-6-3)74-68(71)62-59-56-53-50-47-45-43-41-39-36-31-29-27-25-23-20-17-14-11-8-5-2/h28-31,65H,4-27,32-64H2,1-3H3/b30-28-,31-29-. The molecule has 0 heterocycles. The number of carbonyl (C=O) groups excluding carboxylic acids is 3. The molecule has 0 aromatic carbocycles. The van der Waals surface area contributed by atoms with Gasteiger partial charge in [0.1, 0.15) is 13.2 Å². The number of esters is 3.